The zero-order valence-corrected chi connectivity index (χ0v) is 8.83. The second-order valence-electron chi connectivity index (χ2n) is 3.58. The van der Waals surface area contributed by atoms with E-state index in [1.54, 1.807) is 6.92 Å². The van der Waals surface area contributed by atoms with Gasteiger partial charge in [-0.2, -0.15) is 0 Å². The van der Waals surface area contributed by atoms with E-state index in [1.165, 1.54) is 0 Å². The summed E-state index contributed by atoms with van der Waals surface area (Å²) >= 11 is 0. The first-order valence-electron chi connectivity index (χ1n) is 5.23. The van der Waals surface area contributed by atoms with Gasteiger partial charge in [-0.15, -0.1) is 0 Å². The summed E-state index contributed by atoms with van der Waals surface area (Å²) in [5.74, 6) is -1.06. The van der Waals surface area contributed by atoms with E-state index in [0.717, 1.165) is 32.2 Å². The summed E-state index contributed by atoms with van der Waals surface area (Å²) in [6, 6.07) is 0. The summed E-state index contributed by atoms with van der Waals surface area (Å²) in [5, 5.41) is 20.2. The molecule has 0 rings (SSSR count). The van der Waals surface area contributed by atoms with Crippen LogP contribution < -0.4 is 5.32 Å². The highest BCUT2D eigenvalue weighted by atomic mass is 16.4. The Morgan fingerprint density at radius 3 is 2.50 bits per heavy atom. The molecule has 84 valence electrons. The molecule has 0 radical (unpaired) electrons. The molecule has 0 fully saturated rings. The highest BCUT2D eigenvalue weighted by Crippen LogP contribution is 1.98. The van der Waals surface area contributed by atoms with E-state index in [2.05, 4.69) is 5.32 Å². The van der Waals surface area contributed by atoms with Crippen LogP contribution in [0.2, 0.25) is 0 Å². The lowest BCUT2D eigenvalue weighted by Crippen LogP contribution is -2.26. The van der Waals surface area contributed by atoms with Gasteiger partial charge in [-0.3, -0.25) is 4.79 Å². The number of hydrogen-bond donors (Lipinski definition) is 3. The van der Waals surface area contributed by atoms with E-state index >= 15 is 0 Å². The number of carboxylic acid groups (broad SMARTS) is 1. The first kappa shape index (κ1) is 13.4. The summed E-state index contributed by atoms with van der Waals surface area (Å²) in [6.45, 7) is 3.36. The Morgan fingerprint density at radius 2 is 1.93 bits per heavy atom. The first-order chi connectivity index (χ1) is 6.68. The van der Waals surface area contributed by atoms with Crippen LogP contribution in [0, 0.1) is 5.92 Å². The van der Waals surface area contributed by atoms with Crippen LogP contribution in [0.15, 0.2) is 0 Å². The van der Waals surface area contributed by atoms with Crippen molar-refractivity contribution in [3.63, 3.8) is 0 Å². The maximum Gasteiger partial charge on any atom is 0.307 e. The molecule has 0 aliphatic carbocycles. The third-order valence-electron chi connectivity index (χ3n) is 2.13. The van der Waals surface area contributed by atoms with E-state index in [9.17, 15) is 4.79 Å². The van der Waals surface area contributed by atoms with Crippen LogP contribution in [0.5, 0.6) is 0 Å². The third-order valence-corrected chi connectivity index (χ3v) is 2.13. The number of aliphatic carboxylic acids is 1. The Morgan fingerprint density at radius 1 is 1.29 bits per heavy atom. The van der Waals surface area contributed by atoms with Gasteiger partial charge in [0.1, 0.15) is 0 Å². The van der Waals surface area contributed by atoms with Gasteiger partial charge >= 0.3 is 5.97 Å². The topological polar surface area (TPSA) is 69.6 Å². The molecule has 4 heteroatoms. The molecular weight excluding hydrogens is 182 g/mol. The van der Waals surface area contributed by atoms with Crippen molar-refractivity contribution in [2.75, 3.05) is 19.7 Å². The maximum absolute atomic E-state index is 10.4. The fourth-order valence-electron chi connectivity index (χ4n) is 1.12. The van der Waals surface area contributed by atoms with Gasteiger partial charge < -0.3 is 15.5 Å². The largest absolute Gasteiger partial charge is 0.481 e. The summed E-state index contributed by atoms with van der Waals surface area (Å²) in [7, 11) is 0. The van der Waals surface area contributed by atoms with Gasteiger partial charge in [-0.25, -0.2) is 0 Å². The van der Waals surface area contributed by atoms with Gasteiger partial charge in [0, 0.05) is 13.2 Å². The Balaban J connectivity index is 3.09. The molecule has 4 nitrogen and oxygen atoms in total. The number of nitrogens with one attached hydrogen (secondary N) is 1. The Bertz CT molecular complexity index is 150. The van der Waals surface area contributed by atoms with Crippen molar-refractivity contribution in [3.05, 3.63) is 0 Å². The second-order valence-corrected chi connectivity index (χ2v) is 3.58. The van der Waals surface area contributed by atoms with E-state index in [-0.39, 0.29) is 12.5 Å². The minimum atomic E-state index is -0.752. The predicted molar refractivity (Wildman–Crippen MR) is 55.2 cm³/mol. The van der Waals surface area contributed by atoms with Crippen molar-refractivity contribution in [3.8, 4) is 0 Å². The van der Waals surface area contributed by atoms with Crippen LogP contribution >= 0.6 is 0 Å². The number of aliphatic hydroxyl groups is 1. The van der Waals surface area contributed by atoms with Crippen LogP contribution in [-0.4, -0.2) is 35.9 Å². The molecule has 1 atom stereocenters. The Labute approximate surface area is 85.3 Å². The molecule has 14 heavy (non-hydrogen) atoms. The maximum atomic E-state index is 10.4. The number of unbranched alkanes of at least 4 members (excludes halogenated alkanes) is 3. The lowest BCUT2D eigenvalue weighted by atomic mass is 10.1. The fraction of sp³-hybridized carbons (Fsp3) is 0.900. The van der Waals surface area contributed by atoms with Crippen molar-refractivity contribution in [1.29, 1.82) is 0 Å². The lowest BCUT2D eigenvalue weighted by Gasteiger charge is -2.07. The molecule has 0 heterocycles. The first-order valence-corrected chi connectivity index (χ1v) is 5.23. The molecule has 0 amide bonds. The average molecular weight is 203 g/mol. The lowest BCUT2D eigenvalue weighted by molar-refractivity contribution is -0.140. The Hall–Kier alpha value is -0.610. The SMILES string of the molecule is CC(CNCCCCCCO)C(=O)O. The molecule has 0 aromatic carbocycles. The van der Waals surface area contributed by atoms with Gasteiger partial charge in [0.25, 0.3) is 0 Å². The Kier molecular flexibility index (Phi) is 8.57. The van der Waals surface area contributed by atoms with Gasteiger partial charge in [-0.05, 0) is 19.4 Å². The van der Waals surface area contributed by atoms with Crippen LogP contribution in [-0.2, 0) is 4.79 Å². The van der Waals surface area contributed by atoms with E-state index < -0.39 is 5.97 Å². The van der Waals surface area contributed by atoms with Crippen molar-refractivity contribution in [2.24, 2.45) is 5.92 Å². The van der Waals surface area contributed by atoms with Crippen LogP contribution in [0.4, 0.5) is 0 Å². The summed E-state index contributed by atoms with van der Waals surface area (Å²) < 4.78 is 0. The van der Waals surface area contributed by atoms with Crippen LogP contribution in [0.25, 0.3) is 0 Å². The third kappa shape index (κ3) is 8.01. The van der Waals surface area contributed by atoms with E-state index in [4.69, 9.17) is 10.2 Å². The van der Waals surface area contributed by atoms with Crippen LogP contribution in [0.1, 0.15) is 32.6 Å². The molecule has 0 aromatic rings. The molecule has 0 bridgehead atoms. The quantitative estimate of drug-likeness (QED) is 0.486. The van der Waals surface area contributed by atoms with Gasteiger partial charge in [0.2, 0.25) is 0 Å². The number of aliphatic hydroxyl groups excluding tert-OH is 1. The van der Waals surface area contributed by atoms with E-state index in [0.29, 0.717) is 6.54 Å². The van der Waals surface area contributed by atoms with Crippen molar-refractivity contribution in [2.45, 2.75) is 32.6 Å². The number of carbonyl (C=O) groups is 1. The molecule has 0 aromatic heterocycles. The second kappa shape index (κ2) is 8.97. The van der Waals surface area contributed by atoms with Crippen LogP contribution in [0.3, 0.4) is 0 Å². The normalized spacial score (nSPS) is 12.7. The highest BCUT2D eigenvalue weighted by Gasteiger charge is 2.08. The molecule has 3 N–H and O–H groups in total. The average Bonchev–Trinajstić information content (AvgIpc) is 2.16. The summed E-state index contributed by atoms with van der Waals surface area (Å²) in [5.41, 5.74) is 0. The summed E-state index contributed by atoms with van der Waals surface area (Å²) in [4.78, 5) is 10.4. The zero-order valence-electron chi connectivity index (χ0n) is 8.83. The molecule has 0 saturated heterocycles. The fourth-order valence-corrected chi connectivity index (χ4v) is 1.12. The molecule has 0 aliphatic rings. The van der Waals surface area contributed by atoms with Crippen molar-refractivity contribution in [1.82, 2.24) is 5.32 Å². The van der Waals surface area contributed by atoms with Gasteiger partial charge in [0.05, 0.1) is 5.92 Å². The number of rotatable bonds is 9. The standard InChI is InChI=1S/C10H21NO3/c1-9(10(13)14)8-11-6-4-2-3-5-7-12/h9,11-12H,2-8H2,1H3,(H,13,14). The van der Waals surface area contributed by atoms with Gasteiger partial charge in [-0.1, -0.05) is 19.8 Å². The highest BCUT2D eigenvalue weighted by molar-refractivity contribution is 5.69. The molecule has 0 aliphatic heterocycles. The summed E-state index contributed by atoms with van der Waals surface area (Å²) in [6.07, 6.45) is 4.06. The minimum absolute atomic E-state index is 0.267. The van der Waals surface area contributed by atoms with Crippen molar-refractivity contribution < 1.29 is 15.0 Å². The van der Waals surface area contributed by atoms with Gasteiger partial charge in [0.15, 0.2) is 0 Å². The van der Waals surface area contributed by atoms with Crippen molar-refractivity contribution >= 4 is 5.97 Å². The van der Waals surface area contributed by atoms with E-state index in [1.807, 2.05) is 0 Å². The molecule has 0 saturated carbocycles. The monoisotopic (exact) mass is 203 g/mol. The zero-order chi connectivity index (χ0) is 10.8. The molecule has 1 unspecified atom stereocenters. The molecular formula is C10H21NO3. The predicted octanol–water partition coefficient (Wildman–Crippen LogP) is 0.849. The molecule has 0 spiro atoms. The number of carboxylic acids is 1. The smallest absolute Gasteiger partial charge is 0.307 e. The number of hydrogen-bond acceptors (Lipinski definition) is 3. The minimum Gasteiger partial charge on any atom is -0.481 e.